The highest BCUT2D eigenvalue weighted by Gasteiger charge is 2.21. The maximum absolute atomic E-state index is 11.3. The van der Waals surface area contributed by atoms with Gasteiger partial charge in [-0.25, -0.2) is 13.4 Å². The van der Waals surface area contributed by atoms with Crippen LogP contribution < -0.4 is 5.73 Å². The van der Waals surface area contributed by atoms with Gasteiger partial charge in [-0.05, 0) is 6.07 Å². The van der Waals surface area contributed by atoms with Crippen LogP contribution in [-0.2, 0) is 16.4 Å². The van der Waals surface area contributed by atoms with Crippen molar-refractivity contribution in [2.45, 2.75) is 6.54 Å². The summed E-state index contributed by atoms with van der Waals surface area (Å²) in [6.07, 6.45) is 1.65. The molecule has 0 amide bonds. The molecule has 1 saturated heterocycles. The Morgan fingerprint density at radius 2 is 2.06 bits per heavy atom. The maximum atomic E-state index is 11.3. The lowest BCUT2D eigenvalue weighted by molar-refractivity contribution is 0.288. The first-order chi connectivity index (χ1) is 7.57. The fraction of sp³-hybridized carbons (Fsp3) is 0.500. The van der Waals surface area contributed by atoms with Crippen LogP contribution in [0.1, 0.15) is 5.56 Å². The number of anilines is 1. The number of nitrogens with two attached hydrogens (primary N) is 1. The molecule has 6 heteroatoms. The summed E-state index contributed by atoms with van der Waals surface area (Å²) in [5, 5.41) is 0. The Balaban J connectivity index is 2.00. The van der Waals surface area contributed by atoms with Gasteiger partial charge in [0.05, 0.1) is 11.5 Å². The van der Waals surface area contributed by atoms with Gasteiger partial charge in [0.15, 0.2) is 9.84 Å². The van der Waals surface area contributed by atoms with Gasteiger partial charge in [-0.3, -0.25) is 4.90 Å². The Bertz CT molecular complexity index is 459. The second-order valence-electron chi connectivity index (χ2n) is 3.98. The third-order valence-electron chi connectivity index (χ3n) is 2.76. The molecule has 2 rings (SSSR count). The zero-order valence-corrected chi connectivity index (χ0v) is 9.78. The minimum Gasteiger partial charge on any atom is -0.383 e. The van der Waals surface area contributed by atoms with E-state index in [4.69, 9.17) is 5.73 Å². The molecule has 0 bridgehead atoms. The summed E-state index contributed by atoms with van der Waals surface area (Å²) in [6, 6.07) is 3.76. The van der Waals surface area contributed by atoms with E-state index in [1.807, 2.05) is 12.1 Å². The first kappa shape index (κ1) is 11.3. The second-order valence-corrected chi connectivity index (χ2v) is 6.28. The normalized spacial score (nSPS) is 20.8. The van der Waals surface area contributed by atoms with Crippen LogP contribution in [0.2, 0.25) is 0 Å². The van der Waals surface area contributed by atoms with E-state index in [1.54, 1.807) is 6.20 Å². The van der Waals surface area contributed by atoms with E-state index in [0.717, 1.165) is 5.56 Å². The molecule has 16 heavy (non-hydrogen) atoms. The van der Waals surface area contributed by atoms with Gasteiger partial charge in [-0.2, -0.15) is 0 Å². The maximum Gasteiger partial charge on any atom is 0.152 e. The fourth-order valence-electron chi connectivity index (χ4n) is 1.73. The van der Waals surface area contributed by atoms with Crippen molar-refractivity contribution in [3.05, 3.63) is 23.9 Å². The van der Waals surface area contributed by atoms with Crippen LogP contribution in [0.15, 0.2) is 18.3 Å². The number of aromatic nitrogens is 1. The second kappa shape index (κ2) is 4.39. The van der Waals surface area contributed by atoms with E-state index in [2.05, 4.69) is 9.88 Å². The molecular formula is C10H15N3O2S. The van der Waals surface area contributed by atoms with Crippen LogP contribution >= 0.6 is 0 Å². The average Bonchev–Trinajstić information content (AvgIpc) is 2.24. The van der Waals surface area contributed by atoms with Crippen molar-refractivity contribution in [2.24, 2.45) is 0 Å². The van der Waals surface area contributed by atoms with Crippen LogP contribution in [0.4, 0.5) is 5.82 Å². The van der Waals surface area contributed by atoms with Crippen molar-refractivity contribution in [1.82, 2.24) is 9.88 Å². The summed E-state index contributed by atoms with van der Waals surface area (Å²) in [5.41, 5.74) is 6.69. The number of sulfone groups is 1. The average molecular weight is 241 g/mol. The molecule has 1 aliphatic heterocycles. The van der Waals surface area contributed by atoms with E-state index in [1.165, 1.54) is 0 Å². The molecule has 0 spiro atoms. The summed E-state index contributed by atoms with van der Waals surface area (Å²) in [5.74, 6) is 1.01. The lowest BCUT2D eigenvalue weighted by Gasteiger charge is -2.26. The molecule has 1 aliphatic rings. The third kappa shape index (κ3) is 2.70. The summed E-state index contributed by atoms with van der Waals surface area (Å²) in [4.78, 5) is 6.10. The van der Waals surface area contributed by atoms with Gasteiger partial charge in [0, 0.05) is 31.4 Å². The number of nitrogen functional groups attached to an aromatic ring is 1. The van der Waals surface area contributed by atoms with E-state index >= 15 is 0 Å². The van der Waals surface area contributed by atoms with Crippen molar-refractivity contribution in [3.8, 4) is 0 Å². The molecular weight excluding hydrogens is 226 g/mol. The van der Waals surface area contributed by atoms with Crippen molar-refractivity contribution in [3.63, 3.8) is 0 Å². The third-order valence-corrected chi connectivity index (χ3v) is 4.37. The zero-order chi connectivity index (χ0) is 11.6. The Morgan fingerprint density at radius 3 is 2.69 bits per heavy atom. The minimum absolute atomic E-state index is 0.243. The standard InChI is InChI=1S/C10H15N3O2S/c11-10-9(2-1-3-12-10)8-13-4-6-16(14,15)7-5-13/h1-3H,4-8H2,(H2,11,12). The molecule has 0 saturated carbocycles. The molecule has 0 unspecified atom stereocenters. The predicted octanol–water partition coefficient (Wildman–Crippen LogP) is -0.106. The van der Waals surface area contributed by atoms with Gasteiger partial charge in [-0.1, -0.05) is 6.07 Å². The van der Waals surface area contributed by atoms with Crippen LogP contribution in [0.25, 0.3) is 0 Å². The van der Waals surface area contributed by atoms with Gasteiger partial charge in [0.1, 0.15) is 5.82 Å². The number of rotatable bonds is 2. The Labute approximate surface area is 95.2 Å². The molecule has 0 aromatic carbocycles. The Kier molecular flexibility index (Phi) is 3.11. The van der Waals surface area contributed by atoms with Crippen molar-refractivity contribution >= 4 is 15.7 Å². The molecule has 5 nitrogen and oxygen atoms in total. The van der Waals surface area contributed by atoms with Gasteiger partial charge in [0.25, 0.3) is 0 Å². The van der Waals surface area contributed by atoms with Crippen LogP contribution in [0, 0.1) is 0 Å². The zero-order valence-electron chi connectivity index (χ0n) is 8.96. The van der Waals surface area contributed by atoms with Crippen molar-refractivity contribution in [1.29, 1.82) is 0 Å². The first-order valence-corrected chi connectivity index (χ1v) is 7.01. The summed E-state index contributed by atoms with van der Waals surface area (Å²) in [7, 11) is -2.81. The molecule has 2 N–H and O–H groups in total. The molecule has 88 valence electrons. The largest absolute Gasteiger partial charge is 0.383 e. The highest BCUT2D eigenvalue weighted by atomic mass is 32.2. The molecule has 1 aromatic rings. The number of pyridine rings is 1. The van der Waals surface area contributed by atoms with Gasteiger partial charge in [0.2, 0.25) is 0 Å². The molecule has 2 heterocycles. The molecule has 1 fully saturated rings. The Hall–Kier alpha value is -1.14. The quantitative estimate of drug-likeness (QED) is 0.782. The molecule has 0 atom stereocenters. The minimum atomic E-state index is -2.81. The highest BCUT2D eigenvalue weighted by Crippen LogP contribution is 2.13. The van der Waals surface area contributed by atoms with Crippen LogP contribution in [-0.4, -0.2) is 42.9 Å². The summed E-state index contributed by atoms with van der Waals surface area (Å²) in [6.45, 7) is 1.84. The topological polar surface area (TPSA) is 76.3 Å². The SMILES string of the molecule is Nc1ncccc1CN1CCS(=O)(=O)CC1. The van der Waals surface area contributed by atoms with Crippen LogP contribution in [0.5, 0.6) is 0 Å². The predicted molar refractivity (Wildman–Crippen MR) is 62.6 cm³/mol. The van der Waals surface area contributed by atoms with E-state index in [9.17, 15) is 8.42 Å². The highest BCUT2D eigenvalue weighted by molar-refractivity contribution is 7.91. The lowest BCUT2D eigenvalue weighted by Crippen LogP contribution is -2.39. The molecule has 1 aromatic heterocycles. The van der Waals surface area contributed by atoms with E-state index in [-0.39, 0.29) is 11.5 Å². The van der Waals surface area contributed by atoms with Crippen molar-refractivity contribution in [2.75, 3.05) is 30.3 Å². The van der Waals surface area contributed by atoms with Crippen LogP contribution in [0.3, 0.4) is 0 Å². The monoisotopic (exact) mass is 241 g/mol. The van der Waals surface area contributed by atoms with E-state index < -0.39 is 9.84 Å². The lowest BCUT2D eigenvalue weighted by atomic mass is 10.2. The summed E-state index contributed by atoms with van der Waals surface area (Å²) >= 11 is 0. The molecule has 0 aliphatic carbocycles. The first-order valence-electron chi connectivity index (χ1n) is 5.19. The van der Waals surface area contributed by atoms with Crippen molar-refractivity contribution < 1.29 is 8.42 Å². The Morgan fingerprint density at radius 1 is 1.38 bits per heavy atom. The fourth-order valence-corrected chi connectivity index (χ4v) is 3.01. The van der Waals surface area contributed by atoms with Gasteiger partial charge < -0.3 is 5.73 Å². The van der Waals surface area contributed by atoms with Gasteiger partial charge in [-0.15, -0.1) is 0 Å². The number of nitrogens with zero attached hydrogens (tertiary/aromatic N) is 2. The van der Waals surface area contributed by atoms with E-state index in [0.29, 0.717) is 25.5 Å². The number of hydrogen-bond acceptors (Lipinski definition) is 5. The smallest absolute Gasteiger partial charge is 0.152 e. The molecule has 0 radical (unpaired) electrons. The summed E-state index contributed by atoms with van der Waals surface area (Å²) < 4.78 is 22.5. The number of hydrogen-bond donors (Lipinski definition) is 1. The van der Waals surface area contributed by atoms with Gasteiger partial charge >= 0.3 is 0 Å².